The van der Waals surface area contributed by atoms with Crippen molar-refractivity contribution in [2.75, 3.05) is 6.54 Å². The monoisotopic (exact) mass is 492 g/mol. The van der Waals surface area contributed by atoms with E-state index in [0.717, 1.165) is 31.2 Å². The van der Waals surface area contributed by atoms with Gasteiger partial charge >= 0.3 is 0 Å². The lowest BCUT2D eigenvalue weighted by atomic mass is 9.95. The number of aromatic amines is 1. The lowest BCUT2D eigenvalue weighted by Gasteiger charge is -2.33. The van der Waals surface area contributed by atoms with Crippen LogP contribution in [0.2, 0.25) is 0 Å². The van der Waals surface area contributed by atoms with Crippen LogP contribution >= 0.6 is 0 Å². The maximum absolute atomic E-state index is 13.8. The predicted molar refractivity (Wildman–Crippen MR) is 135 cm³/mol. The number of amides is 2. The molecule has 0 aromatic carbocycles. The summed E-state index contributed by atoms with van der Waals surface area (Å²) in [5, 5.41) is 18.4. The third kappa shape index (κ3) is 6.39. The molecule has 1 saturated carbocycles. The third-order valence-corrected chi connectivity index (χ3v) is 7.15. The minimum Gasteiger partial charge on any atom is -0.351 e. The average molecular weight is 493 g/mol. The van der Waals surface area contributed by atoms with E-state index < -0.39 is 11.7 Å². The van der Waals surface area contributed by atoms with Gasteiger partial charge in [0, 0.05) is 63.4 Å². The van der Waals surface area contributed by atoms with E-state index in [4.69, 9.17) is 6.42 Å². The number of carbonyl (C=O) groups excluding carboxylic acids is 2. The van der Waals surface area contributed by atoms with Crippen LogP contribution in [0.4, 0.5) is 0 Å². The van der Waals surface area contributed by atoms with Crippen LogP contribution in [0, 0.1) is 12.3 Å². The fraction of sp³-hybridized carbons (Fsp3) is 0.615. The Kier molecular flexibility index (Phi) is 8.52. The van der Waals surface area contributed by atoms with Gasteiger partial charge in [-0.25, -0.2) is 4.98 Å². The molecule has 1 fully saturated rings. The van der Waals surface area contributed by atoms with E-state index in [1.165, 1.54) is 6.42 Å². The molecule has 2 aromatic heterocycles. The Labute approximate surface area is 212 Å². The zero-order valence-corrected chi connectivity index (χ0v) is 21.0. The molecular weight excluding hydrogens is 456 g/mol. The molecule has 0 spiro atoms. The minimum absolute atomic E-state index is 0.120. The second-order valence-electron chi connectivity index (χ2n) is 9.65. The normalized spacial score (nSPS) is 17.3. The van der Waals surface area contributed by atoms with E-state index in [9.17, 15) is 9.59 Å². The minimum atomic E-state index is -0.823. The van der Waals surface area contributed by atoms with Gasteiger partial charge < -0.3 is 14.8 Å². The van der Waals surface area contributed by atoms with Gasteiger partial charge in [-0.2, -0.15) is 15.3 Å². The maximum atomic E-state index is 13.8. The predicted octanol–water partition coefficient (Wildman–Crippen LogP) is 3.54. The van der Waals surface area contributed by atoms with Crippen molar-refractivity contribution in [3.05, 3.63) is 36.2 Å². The number of nitrogens with one attached hydrogen (secondary N) is 2. The van der Waals surface area contributed by atoms with Crippen molar-refractivity contribution in [1.29, 1.82) is 0 Å². The Hall–Kier alpha value is -3.48. The number of aromatic nitrogens is 4. The molecule has 0 radical (unpaired) electrons. The average Bonchev–Trinajstić information content (AvgIpc) is 3.24. The van der Waals surface area contributed by atoms with Gasteiger partial charge in [0.15, 0.2) is 11.7 Å². The van der Waals surface area contributed by atoms with Gasteiger partial charge in [-0.15, -0.1) is 12.3 Å². The largest absolute Gasteiger partial charge is 0.351 e. The number of hydrogen-bond acceptors (Lipinski definition) is 6. The van der Waals surface area contributed by atoms with Crippen molar-refractivity contribution >= 4 is 11.8 Å². The van der Waals surface area contributed by atoms with Crippen LogP contribution in [0.15, 0.2) is 35.0 Å². The summed E-state index contributed by atoms with van der Waals surface area (Å²) in [4.78, 5) is 33.8. The summed E-state index contributed by atoms with van der Waals surface area (Å²) in [7, 11) is 0. The molecule has 2 aromatic rings. The van der Waals surface area contributed by atoms with E-state index in [1.54, 1.807) is 17.3 Å². The molecule has 1 unspecified atom stereocenters. The first-order chi connectivity index (χ1) is 17.5. The van der Waals surface area contributed by atoms with Crippen LogP contribution in [0.25, 0.3) is 0 Å². The Bertz CT molecular complexity index is 1070. The maximum Gasteiger partial charge on any atom is 0.250 e. The van der Waals surface area contributed by atoms with Gasteiger partial charge in [-0.3, -0.25) is 14.7 Å². The molecule has 36 heavy (non-hydrogen) atoms. The first-order valence-corrected chi connectivity index (χ1v) is 13.0. The molecule has 2 N–H and O–H groups in total. The van der Waals surface area contributed by atoms with Crippen molar-refractivity contribution in [2.24, 2.45) is 10.2 Å². The zero-order chi connectivity index (χ0) is 25.4. The highest BCUT2D eigenvalue weighted by Crippen LogP contribution is 2.38. The summed E-state index contributed by atoms with van der Waals surface area (Å²) in [6.45, 7) is 3.02. The molecule has 1 aliphatic heterocycles. The second-order valence-corrected chi connectivity index (χ2v) is 9.65. The van der Waals surface area contributed by atoms with E-state index in [2.05, 4.69) is 36.6 Å². The lowest BCUT2D eigenvalue weighted by molar-refractivity contribution is -0.142. The number of imidazole rings is 1. The van der Waals surface area contributed by atoms with Gasteiger partial charge in [0.2, 0.25) is 5.91 Å². The smallest absolute Gasteiger partial charge is 0.250 e. The van der Waals surface area contributed by atoms with E-state index >= 15 is 0 Å². The topological polar surface area (TPSA) is 121 Å². The molecule has 10 nitrogen and oxygen atoms in total. The van der Waals surface area contributed by atoms with E-state index in [0.29, 0.717) is 44.6 Å². The number of rotatable bonds is 13. The summed E-state index contributed by atoms with van der Waals surface area (Å²) in [6, 6.07) is -0.697. The number of carbonyl (C=O) groups is 2. The number of nitrogens with zero attached hydrogens (tertiary/aromatic N) is 6. The molecule has 4 rings (SSSR count). The summed E-state index contributed by atoms with van der Waals surface area (Å²) >= 11 is 0. The highest BCUT2D eigenvalue weighted by Gasteiger charge is 2.41. The lowest BCUT2D eigenvalue weighted by Crippen LogP contribution is -2.48. The van der Waals surface area contributed by atoms with Gasteiger partial charge in [0.05, 0.1) is 6.20 Å². The van der Waals surface area contributed by atoms with E-state index in [-0.39, 0.29) is 24.3 Å². The van der Waals surface area contributed by atoms with Crippen molar-refractivity contribution in [2.45, 2.75) is 95.4 Å². The Morgan fingerprint density at radius 2 is 2.11 bits per heavy atom. The number of terminal acetylenes is 1. The standard InChI is InChI=1S/C26H36N8O2/c1-3-5-13-26(31-32-26)14-11-22(35)34(16-12-20-18-28-29-19-20)23(24-27-15-17-33(24)4-2)25(36)30-21-9-7-6-8-10-21/h1,15,17-19,21,23H,4-14,16H2,2H3,(H,28,29)(H,30,36). The highest BCUT2D eigenvalue weighted by atomic mass is 16.2. The van der Waals surface area contributed by atoms with Crippen LogP contribution in [-0.2, 0) is 22.6 Å². The van der Waals surface area contributed by atoms with Crippen LogP contribution in [0.5, 0.6) is 0 Å². The van der Waals surface area contributed by atoms with Gasteiger partial charge in [-0.05, 0) is 31.7 Å². The van der Waals surface area contributed by atoms with Gasteiger partial charge in [-0.1, -0.05) is 19.3 Å². The van der Waals surface area contributed by atoms with Crippen LogP contribution in [0.3, 0.4) is 0 Å². The Morgan fingerprint density at radius 3 is 2.78 bits per heavy atom. The van der Waals surface area contributed by atoms with Gasteiger partial charge in [0.1, 0.15) is 5.82 Å². The molecule has 10 heteroatoms. The number of hydrogen-bond donors (Lipinski definition) is 2. The van der Waals surface area contributed by atoms with Crippen LogP contribution in [0.1, 0.15) is 82.1 Å². The van der Waals surface area contributed by atoms with E-state index in [1.807, 2.05) is 23.9 Å². The molecule has 1 aliphatic carbocycles. The Balaban J connectivity index is 1.57. The van der Waals surface area contributed by atoms with Crippen molar-refractivity contribution < 1.29 is 9.59 Å². The first kappa shape index (κ1) is 25.6. The molecule has 0 bridgehead atoms. The summed E-state index contributed by atoms with van der Waals surface area (Å²) in [5.41, 5.74) is 0.413. The third-order valence-electron chi connectivity index (χ3n) is 7.15. The highest BCUT2D eigenvalue weighted by molar-refractivity contribution is 5.88. The fourth-order valence-electron chi connectivity index (χ4n) is 4.94. The summed E-state index contributed by atoms with van der Waals surface area (Å²) in [5.74, 6) is 2.91. The molecule has 2 aliphatic rings. The number of aryl methyl sites for hydroxylation is 1. The fourth-order valence-corrected chi connectivity index (χ4v) is 4.94. The summed E-state index contributed by atoms with van der Waals surface area (Å²) in [6.07, 6.45) is 20.3. The Morgan fingerprint density at radius 1 is 1.31 bits per heavy atom. The van der Waals surface area contributed by atoms with Crippen molar-refractivity contribution in [3.8, 4) is 12.3 Å². The van der Waals surface area contributed by atoms with Gasteiger partial charge in [0.25, 0.3) is 5.91 Å². The quantitative estimate of drug-likeness (QED) is 0.415. The molecule has 192 valence electrons. The second kappa shape index (κ2) is 12.0. The molecule has 0 saturated heterocycles. The first-order valence-electron chi connectivity index (χ1n) is 13.0. The molecule has 1 atom stereocenters. The van der Waals surface area contributed by atoms with Crippen molar-refractivity contribution in [3.63, 3.8) is 0 Å². The molecular formula is C26H36N8O2. The van der Waals surface area contributed by atoms with Crippen LogP contribution < -0.4 is 5.32 Å². The molecule has 3 heterocycles. The van der Waals surface area contributed by atoms with Crippen molar-refractivity contribution in [1.82, 2.24) is 30.0 Å². The summed E-state index contributed by atoms with van der Waals surface area (Å²) < 4.78 is 1.93. The molecule has 2 amide bonds. The van der Waals surface area contributed by atoms with Crippen LogP contribution in [-0.4, -0.2) is 54.7 Å². The number of H-pyrrole nitrogens is 1. The SMILES string of the molecule is C#CCCC1(CCC(=O)N(CCc2cn[nH]c2)C(C(=O)NC2CCCCC2)c2nccn2CC)N=N1. The zero-order valence-electron chi connectivity index (χ0n) is 21.0.